The lowest BCUT2D eigenvalue weighted by Crippen LogP contribution is -2.48. The fraction of sp³-hybridized carbons (Fsp3) is 0.562. The number of amides is 1. The van der Waals surface area contributed by atoms with Gasteiger partial charge in [-0.2, -0.15) is 0 Å². The molecule has 1 aliphatic rings. The van der Waals surface area contributed by atoms with Crippen molar-refractivity contribution in [1.29, 1.82) is 0 Å². The third-order valence-electron chi connectivity index (χ3n) is 3.67. The van der Waals surface area contributed by atoms with Crippen molar-refractivity contribution >= 4 is 5.91 Å². The van der Waals surface area contributed by atoms with Crippen LogP contribution in [0.1, 0.15) is 38.3 Å². The van der Waals surface area contributed by atoms with Crippen LogP contribution in [0.4, 0.5) is 0 Å². The molecule has 3 atom stereocenters. The van der Waals surface area contributed by atoms with E-state index < -0.39 is 0 Å². The van der Waals surface area contributed by atoms with Gasteiger partial charge in [0.15, 0.2) is 0 Å². The predicted octanol–water partition coefficient (Wildman–Crippen LogP) is 2.10. The predicted molar refractivity (Wildman–Crippen MR) is 79.2 cm³/mol. The molecule has 4 nitrogen and oxygen atoms in total. The molecule has 2 rings (SSSR count). The summed E-state index contributed by atoms with van der Waals surface area (Å²) in [7, 11) is 0. The lowest BCUT2D eigenvalue weighted by molar-refractivity contribution is -0.143. The molecule has 4 heteroatoms. The standard InChI is InChI=1S/C16H24N2O2/c1-12-10-18(11-13(2)20-12)16(19)9-8-15(17)14-6-4-3-5-7-14/h3-7,12-13,15H,8-11,17H2,1-2H3. The first-order valence-corrected chi connectivity index (χ1v) is 7.30. The highest BCUT2D eigenvalue weighted by Gasteiger charge is 2.25. The van der Waals surface area contributed by atoms with E-state index in [1.54, 1.807) is 0 Å². The second kappa shape index (κ2) is 6.86. The molecule has 1 saturated heterocycles. The molecule has 1 aliphatic heterocycles. The van der Waals surface area contributed by atoms with E-state index in [0.29, 0.717) is 25.9 Å². The number of hydrogen-bond donors (Lipinski definition) is 1. The molecule has 2 N–H and O–H groups in total. The number of nitrogens with zero attached hydrogens (tertiary/aromatic N) is 1. The van der Waals surface area contributed by atoms with Crippen LogP contribution in [-0.2, 0) is 9.53 Å². The van der Waals surface area contributed by atoms with Crippen LogP contribution in [0.3, 0.4) is 0 Å². The van der Waals surface area contributed by atoms with Crippen molar-refractivity contribution in [3.63, 3.8) is 0 Å². The number of morpholine rings is 1. The zero-order valence-electron chi connectivity index (χ0n) is 12.3. The zero-order chi connectivity index (χ0) is 14.5. The minimum absolute atomic E-state index is 0.0731. The summed E-state index contributed by atoms with van der Waals surface area (Å²) in [5, 5.41) is 0. The van der Waals surface area contributed by atoms with Crippen LogP contribution < -0.4 is 5.73 Å². The van der Waals surface area contributed by atoms with Gasteiger partial charge in [0.1, 0.15) is 0 Å². The molecule has 0 bridgehead atoms. The molecule has 0 saturated carbocycles. The normalized spacial score (nSPS) is 24.4. The van der Waals surface area contributed by atoms with Crippen LogP contribution >= 0.6 is 0 Å². The Labute approximate surface area is 120 Å². The highest BCUT2D eigenvalue weighted by Crippen LogP contribution is 2.17. The molecule has 0 aromatic heterocycles. The number of rotatable bonds is 4. The second-order valence-electron chi connectivity index (χ2n) is 5.61. The summed E-state index contributed by atoms with van der Waals surface area (Å²) in [6.07, 6.45) is 1.41. The Morgan fingerprint density at radius 2 is 1.90 bits per heavy atom. The van der Waals surface area contributed by atoms with E-state index >= 15 is 0 Å². The molecule has 0 spiro atoms. The first-order chi connectivity index (χ1) is 9.56. The van der Waals surface area contributed by atoms with Gasteiger partial charge in [-0.3, -0.25) is 4.79 Å². The summed E-state index contributed by atoms with van der Waals surface area (Å²) in [4.78, 5) is 14.1. The van der Waals surface area contributed by atoms with Crippen LogP contribution in [-0.4, -0.2) is 36.1 Å². The van der Waals surface area contributed by atoms with Crippen molar-refractivity contribution in [3.05, 3.63) is 35.9 Å². The van der Waals surface area contributed by atoms with Gasteiger partial charge in [0, 0.05) is 25.6 Å². The molecule has 20 heavy (non-hydrogen) atoms. The monoisotopic (exact) mass is 276 g/mol. The first kappa shape index (κ1) is 15.0. The molecular formula is C16H24N2O2. The van der Waals surface area contributed by atoms with E-state index in [9.17, 15) is 4.79 Å². The van der Waals surface area contributed by atoms with E-state index in [2.05, 4.69) is 0 Å². The van der Waals surface area contributed by atoms with E-state index in [4.69, 9.17) is 10.5 Å². The highest BCUT2D eigenvalue weighted by molar-refractivity contribution is 5.76. The van der Waals surface area contributed by atoms with Crippen molar-refractivity contribution in [2.45, 2.75) is 44.9 Å². The number of nitrogens with two attached hydrogens (primary N) is 1. The smallest absolute Gasteiger partial charge is 0.222 e. The van der Waals surface area contributed by atoms with Gasteiger partial charge < -0.3 is 15.4 Å². The van der Waals surface area contributed by atoms with E-state index in [1.165, 1.54) is 0 Å². The Morgan fingerprint density at radius 1 is 1.30 bits per heavy atom. The van der Waals surface area contributed by atoms with Gasteiger partial charge >= 0.3 is 0 Å². The second-order valence-corrected chi connectivity index (χ2v) is 5.61. The van der Waals surface area contributed by atoms with Crippen LogP contribution in [0.25, 0.3) is 0 Å². The summed E-state index contributed by atoms with van der Waals surface area (Å²) < 4.78 is 5.64. The van der Waals surface area contributed by atoms with E-state index in [1.807, 2.05) is 49.1 Å². The molecule has 0 radical (unpaired) electrons. The Morgan fingerprint density at radius 3 is 2.50 bits per heavy atom. The molecular weight excluding hydrogens is 252 g/mol. The summed E-state index contributed by atoms with van der Waals surface area (Å²) >= 11 is 0. The average molecular weight is 276 g/mol. The van der Waals surface area contributed by atoms with Gasteiger partial charge in [0.2, 0.25) is 5.91 Å². The van der Waals surface area contributed by atoms with Gasteiger partial charge in [-0.05, 0) is 25.8 Å². The van der Waals surface area contributed by atoms with Gasteiger partial charge in [-0.25, -0.2) is 0 Å². The Balaban J connectivity index is 1.83. The number of benzene rings is 1. The van der Waals surface area contributed by atoms with Gasteiger partial charge in [-0.15, -0.1) is 0 Å². The van der Waals surface area contributed by atoms with Crippen molar-refractivity contribution in [2.75, 3.05) is 13.1 Å². The largest absolute Gasteiger partial charge is 0.372 e. The van der Waals surface area contributed by atoms with Gasteiger partial charge in [0.05, 0.1) is 12.2 Å². The van der Waals surface area contributed by atoms with E-state index in [0.717, 1.165) is 5.56 Å². The summed E-state index contributed by atoms with van der Waals surface area (Å²) in [5.74, 6) is 0.179. The minimum Gasteiger partial charge on any atom is -0.372 e. The molecule has 1 aromatic rings. The Hall–Kier alpha value is -1.39. The minimum atomic E-state index is -0.0731. The highest BCUT2D eigenvalue weighted by atomic mass is 16.5. The van der Waals surface area contributed by atoms with Crippen LogP contribution in [0.5, 0.6) is 0 Å². The number of carbonyl (C=O) groups is 1. The molecule has 1 aromatic carbocycles. The quantitative estimate of drug-likeness (QED) is 0.916. The molecule has 0 aliphatic carbocycles. The van der Waals surface area contributed by atoms with Crippen LogP contribution in [0.15, 0.2) is 30.3 Å². The fourth-order valence-corrected chi connectivity index (χ4v) is 2.69. The molecule has 110 valence electrons. The SMILES string of the molecule is CC1CN(C(=O)CCC(N)c2ccccc2)CC(C)O1. The van der Waals surface area contributed by atoms with Crippen molar-refractivity contribution in [3.8, 4) is 0 Å². The molecule has 1 amide bonds. The molecule has 1 fully saturated rings. The van der Waals surface area contributed by atoms with Crippen LogP contribution in [0, 0.1) is 0 Å². The third kappa shape index (κ3) is 4.05. The Bertz CT molecular complexity index is 425. The maximum absolute atomic E-state index is 12.2. The number of ether oxygens (including phenoxy) is 1. The average Bonchev–Trinajstić information content (AvgIpc) is 2.44. The lowest BCUT2D eigenvalue weighted by atomic mass is 10.0. The van der Waals surface area contributed by atoms with Crippen molar-refractivity contribution in [1.82, 2.24) is 4.90 Å². The maximum Gasteiger partial charge on any atom is 0.222 e. The van der Waals surface area contributed by atoms with Crippen molar-refractivity contribution in [2.24, 2.45) is 5.73 Å². The first-order valence-electron chi connectivity index (χ1n) is 7.30. The molecule has 3 unspecified atom stereocenters. The summed E-state index contributed by atoms with van der Waals surface area (Å²) in [6.45, 7) is 5.38. The lowest BCUT2D eigenvalue weighted by Gasteiger charge is -2.35. The van der Waals surface area contributed by atoms with Gasteiger partial charge in [0.25, 0.3) is 0 Å². The zero-order valence-corrected chi connectivity index (χ0v) is 12.3. The van der Waals surface area contributed by atoms with E-state index in [-0.39, 0.29) is 24.2 Å². The topological polar surface area (TPSA) is 55.6 Å². The summed E-state index contributed by atoms with van der Waals surface area (Å²) in [5.41, 5.74) is 7.22. The van der Waals surface area contributed by atoms with Crippen LogP contribution in [0.2, 0.25) is 0 Å². The third-order valence-corrected chi connectivity index (χ3v) is 3.67. The number of carbonyl (C=O) groups excluding carboxylic acids is 1. The Kier molecular flexibility index (Phi) is 5.15. The number of hydrogen-bond acceptors (Lipinski definition) is 3. The summed E-state index contributed by atoms with van der Waals surface area (Å²) in [6, 6.07) is 9.86. The van der Waals surface area contributed by atoms with Gasteiger partial charge in [-0.1, -0.05) is 30.3 Å². The van der Waals surface area contributed by atoms with Crippen molar-refractivity contribution < 1.29 is 9.53 Å². The fourth-order valence-electron chi connectivity index (χ4n) is 2.69. The maximum atomic E-state index is 12.2. The molecule has 1 heterocycles.